The van der Waals surface area contributed by atoms with Gasteiger partial charge in [-0.15, -0.1) is 0 Å². The first-order valence-electron chi connectivity index (χ1n) is 8.60. The maximum absolute atomic E-state index is 12.9. The third-order valence-electron chi connectivity index (χ3n) is 4.37. The van der Waals surface area contributed by atoms with Gasteiger partial charge in [0, 0.05) is 38.1 Å². The molecule has 3 rings (SSSR count). The van der Waals surface area contributed by atoms with Gasteiger partial charge in [-0.3, -0.25) is 14.7 Å². The summed E-state index contributed by atoms with van der Waals surface area (Å²) in [4.78, 5) is 19.1. The molecule has 6 heteroatoms. The van der Waals surface area contributed by atoms with Crippen molar-refractivity contribution in [3.63, 3.8) is 0 Å². The van der Waals surface area contributed by atoms with E-state index < -0.39 is 0 Å². The SMILES string of the molecule is CCc1ccc(CN2CCN[C@H](C(=O)Nc3ccc(F)cc3)C2)nc1. The third-order valence-corrected chi connectivity index (χ3v) is 4.37. The highest BCUT2D eigenvalue weighted by Crippen LogP contribution is 2.11. The average Bonchev–Trinajstić information content (AvgIpc) is 2.64. The number of hydrogen-bond acceptors (Lipinski definition) is 4. The van der Waals surface area contributed by atoms with E-state index in [2.05, 4.69) is 39.6 Å². The summed E-state index contributed by atoms with van der Waals surface area (Å²) in [5.74, 6) is -0.424. The Kier molecular flexibility index (Phi) is 5.73. The van der Waals surface area contributed by atoms with Crippen molar-refractivity contribution >= 4 is 11.6 Å². The molecule has 0 aliphatic carbocycles. The zero-order valence-corrected chi connectivity index (χ0v) is 14.3. The zero-order chi connectivity index (χ0) is 17.6. The van der Waals surface area contributed by atoms with Crippen LogP contribution in [-0.4, -0.2) is 41.5 Å². The van der Waals surface area contributed by atoms with Gasteiger partial charge in [0.2, 0.25) is 5.91 Å². The normalized spacial score (nSPS) is 18.1. The minimum atomic E-state index is -0.318. The van der Waals surface area contributed by atoms with Crippen LogP contribution in [0.25, 0.3) is 0 Å². The summed E-state index contributed by atoms with van der Waals surface area (Å²) < 4.78 is 12.9. The second-order valence-corrected chi connectivity index (χ2v) is 6.25. The van der Waals surface area contributed by atoms with Gasteiger partial charge in [0.15, 0.2) is 0 Å². The van der Waals surface area contributed by atoms with E-state index in [-0.39, 0.29) is 17.8 Å². The van der Waals surface area contributed by atoms with Gasteiger partial charge in [-0.25, -0.2) is 4.39 Å². The quantitative estimate of drug-likeness (QED) is 0.875. The molecule has 132 valence electrons. The molecule has 2 aromatic rings. The molecule has 1 amide bonds. The van der Waals surface area contributed by atoms with Crippen molar-refractivity contribution in [3.8, 4) is 0 Å². The summed E-state index contributed by atoms with van der Waals surface area (Å²) in [6.45, 7) is 5.07. The van der Waals surface area contributed by atoms with Gasteiger partial charge in [0.1, 0.15) is 5.82 Å². The molecular formula is C19H23FN4O. The maximum atomic E-state index is 12.9. The van der Waals surface area contributed by atoms with Gasteiger partial charge >= 0.3 is 0 Å². The minimum absolute atomic E-state index is 0.106. The van der Waals surface area contributed by atoms with E-state index in [1.54, 1.807) is 12.1 Å². The lowest BCUT2D eigenvalue weighted by Crippen LogP contribution is -2.55. The highest BCUT2D eigenvalue weighted by molar-refractivity contribution is 5.95. The number of anilines is 1. The summed E-state index contributed by atoms with van der Waals surface area (Å²) in [6.07, 6.45) is 2.89. The number of nitrogens with zero attached hydrogens (tertiary/aromatic N) is 2. The van der Waals surface area contributed by atoms with Crippen LogP contribution in [0.3, 0.4) is 0 Å². The van der Waals surface area contributed by atoms with Crippen molar-refractivity contribution in [2.75, 3.05) is 25.0 Å². The number of aryl methyl sites for hydroxylation is 1. The number of benzene rings is 1. The maximum Gasteiger partial charge on any atom is 0.242 e. The molecular weight excluding hydrogens is 319 g/mol. The second kappa shape index (κ2) is 8.18. The average molecular weight is 342 g/mol. The first-order valence-corrected chi connectivity index (χ1v) is 8.60. The zero-order valence-electron chi connectivity index (χ0n) is 14.3. The Labute approximate surface area is 147 Å². The highest BCUT2D eigenvalue weighted by atomic mass is 19.1. The van der Waals surface area contributed by atoms with Crippen molar-refractivity contribution in [3.05, 3.63) is 59.7 Å². The summed E-state index contributed by atoms with van der Waals surface area (Å²) >= 11 is 0. The number of amides is 1. The number of halogens is 1. The standard InChI is InChI=1S/C19H23FN4O/c1-2-14-3-6-17(22-11-14)12-24-10-9-21-18(13-24)19(25)23-16-7-4-15(20)5-8-16/h3-8,11,18,21H,2,9-10,12-13H2,1H3,(H,23,25)/t18-/m0/s1. The van der Waals surface area contributed by atoms with E-state index in [1.165, 1.54) is 17.7 Å². The molecule has 1 aromatic heterocycles. The van der Waals surface area contributed by atoms with Crippen LogP contribution in [0.2, 0.25) is 0 Å². The fraction of sp³-hybridized carbons (Fsp3) is 0.368. The molecule has 1 saturated heterocycles. The fourth-order valence-corrected chi connectivity index (χ4v) is 2.88. The summed E-state index contributed by atoms with van der Waals surface area (Å²) in [7, 11) is 0. The molecule has 1 aliphatic heterocycles. The molecule has 25 heavy (non-hydrogen) atoms. The van der Waals surface area contributed by atoms with Gasteiger partial charge in [-0.1, -0.05) is 13.0 Å². The van der Waals surface area contributed by atoms with Crippen LogP contribution in [0.5, 0.6) is 0 Å². The first kappa shape index (κ1) is 17.5. The predicted octanol–water partition coefficient (Wildman–Crippen LogP) is 2.20. The Morgan fingerprint density at radius 3 is 2.80 bits per heavy atom. The third kappa shape index (κ3) is 4.84. The molecule has 0 bridgehead atoms. The summed E-state index contributed by atoms with van der Waals surface area (Å²) in [6, 6.07) is 9.65. The second-order valence-electron chi connectivity index (χ2n) is 6.25. The van der Waals surface area contributed by atoms with Crippen LogP contribution in [0.4, 0.5) is 10.1 Å². The van der Waals surface area contributed by atoms with Crippen molar-refractivity contribution < 1.29 is 9.18 Å². The smallest absolute Gasteiger partial charge is 0.242 e. The van der Waals surface area contributed by atoms with Crippen LogP contribution in [0.15, 0.2) is 42.6 Å². The molecule has 0 radical (unpaired) electrons. The van der Waals surface area contributed by atoms with Gasteiger partial charge in [0.05, 0.1) is 11.7 Å². The number of rotatable bonds is 5. The monoisotopic (exact) mass is 342 g/mol. The predicted molar refractivity (Wildman–Crippen MR) is 95.7 cm³/mol. The number of hydrogen-bond donors (Lipinski definition) is 2. The Morgan fingerprint density at radius 2 is 2.12 bits per heavy atom. The Balaban J connectivity index is 1.56. The van der Waals surface area contributed by atoms with Crippen LogP contribution in [-0.2, 0) is 17.8 Å². The van der Waals surface area contributed by atoms with Gasteiger partial charge in [-0.2, -0.15) is 0 Å². The van der Waals surface area contributed by atoms with E-state index in [0.717, 1.165) is 31.7 Å². The van der Waals surface area contributed by atoms with E-state index >= 15 is 0 Å². The lowest BCUT2D eigenvalue weighted by Gasteiger charge is -2.32. The van der Waals surface area contributed by atoms with Gasteiger partial charge in [-0.05, 0) is 42.3 Å². The summed E-state index contributed by atoms with van der Waals surface area (Å²) in [5, 5.41) is 6.06. The number of carbonyl (C=O) groups is 1. The van der Waals surface area contributed by atoms with E-state index in [0.29, 0.717) is 12.2 Å². The molecule has 1 fully saturated rings. The molecule has 0 unspecified atom stereocenters. The Bertz CT molecular complexity index is 702. The molecule has 2 N–H and O–H groups in total. The molecule has 1 aliphatic rings. The van der Waals surface area contributed by atoms with Crippen molar-refractivity contribution in [2.45, 2.75) is 25.9 Å². The molecule has 2 heterocycles. The Morgan fingerprint density at radius 1 is 1.32 bits per heavy atom. The largest absolute Gasteiger partial charge is 0.325 e. The number of nitrogens with one attached hydrogen (secondary N) is 2. The molecule has 1 atom stereocenters. The molecule has 1 aromatic carbocycles. The van der Waals surface area contributed by atoms with Gasteiger partial charge in [0.25, 0.3) is 0 Å². The van der Waals surface area contributed by atoms with Crippen molar-refractivity contribution in [1.82, 2.24) is 15.2 Å². The highest BCUT2D eigenvalue weighted by Gasteiger charge is 2.25. The number of pyridine rings is 1. The number of carbonyl (C=O) groups excluding carboxylic acids is 1. The molecule has 0 saturated carbocycles. The number of piperazine rings is 1. The fourth-order valence-electron chi connectivity index (χ4n) is 2.88. The lowest BCUT2D eigenvalue weighted by atomic mass is 10.1. The Hall–Kier alpha value is -2.31. The number of aromatic nitrogens is 1. The molecule has 0 spiro atoms. The topological polar surface area (TPSA) is 57.3 Å². The minimum Gasteiger partial charge on any atom is -0.325 e. The van der Waals surface area contributed by atoms with Crippen molar-refractivity contribution in [2.24, 2.45) is 0 Å². The van der Waals surface area contributed by atoms with Gasteiger partial charge < -0.3 is 10.6 Å². The van der Waals surface area contributed by atoms with E-state index in [4.69, 9.17) is 0 Å². The lowest BCUT2D eigenvalue weighted by molar-refractivity contribution is -0.119. The van der Waals surface area contributed by atoms with E-state index in [1.807, 2.05) is 6.20 Å². The van der Waals surface area contributed by atoms with E-state index in [9.17, 15) is 9.18 Å². The van der Waals surface area contributed by atoms with Crippen molar-refractivity contribution in [1.29, 1.82) is 0 Å². The first-order chi connectivity index (χ1) is 12.1. The van der Waals surface area contributed by atoms with Crippen LogP contribution >= 0.6 is 0 Å². The summed E-state index contributed by atoms with van der Waals surface area (Å²) in [5.41, 5.74) is 2.83. The van der Waals surface area contributed by atoms with Crippen LogP contribution in [0, 0.1) is 5.82 Å². The van der Waals surface area contributed by atoms with Crippen LogP contribution in [0.1, 0.15) is 18.2 Å². The molecule has 5 nitrogen and oxygen atoms in total. The van der Waals surface area contributed by atoms with Crippen LogP contribution < -0.4 is 10.6 Å².